The summed E-state index contributed by atoms with van der Waals surface area (Å²) in [6.45, 7) is 3.77. The SMILES string of the molecule is CNC(=O)Oc1cc(C)c(C)c(CO)c1. The highest BCUT2D eigenvalue weighted by molar-refractivity contribution is 5.70. The molecule has 1 rings (SSSR count). The molecule has 1 aromatic rings. The Hall–Kier alpha value is -1.55. The van der Waals surface area contributed by atoms with E-state index >= 15 is 0 Å². The van der Waals surface area contributed by atoms with Gasteiger partial charge in [-0.05, 0) is 42.7 Å². The summed E-state index contributed by atoms with van der Waals surface area (Å²) in [6, 6.07) is 3.43. The number of carbonyl (C=O) groups excluding carboxylic acids is 1. The molecule has 0 spiro atoms. The summed E-state index contributed by atoms with van der Waals surface area (Å²) in [6.07, 6.45) is -0.512. The topological polar surface area (TPSA) is 58.6 Å². The number of carbonyl (C=O) groups is 1. The van der Waals surface area contributed by atoms with E-state index in [-0.39, 0.29) is 6.61 Å². The second kappa shape index (κ2) is 4.79. The third-order valence-electron chi connectivity index (χ3n) is 2.33. The molecule has 4 heteroatoms. The van der Waals surface area contributed by atoms with E-state index in [9.17, 15) is 4.79 Å². The molecule has 0 bridgehead atoms. The van der Waals surface area contributed by atoms with Crippen molar-refractivity contribution >= 4 is 6.09 Å². The Kier molecular flexibility index (Phi) is 3.68. The molecule has 4 nitrogen and oxygen atoms in total. The van der Waals surface area contributed by atoms with Crippen molar-refractivity contribution in [2.24, 2.45) is 0 Å². The molecule has 82 valence electrons. The predicted octanol–water partition coefficient (Wildman–Crippen LogP) is 1.51. The number of aliphatic hydroxyl groups is 1. The van der Waals surface area contributed by atoms with Crippen molar-refractivity contribution in [3.63, 3.8) is 0 Å². The minimum atomic E-state index is -0.512. The molecule has 0 aliphatic heterocycles. The third kappa shape index (κ3) is 2.70. The Balaban J connectivity index is 3.00. The van der Waals surface area contributed by atoms with Gasteiger partial charge in [0.25, 0.3) is 0 Å². The highest BCUT2D eigenvalue weighted by Crippen LogP contribution is 2.21. The summed E-state index contributed by atoms with van der Waals surface area (Å²) in [5.41, 5.74) is 2.77. The minimum Gasteiger partial charge on any atom is -0.410 e. The molecule has 1 amide bonds. The fourth-order valence-electron chi connectivity index (χ4n) is 1.28. The lowest BCUT2D eigenvalue weighted by Gasteiger charge is -2.10. The minimum absolute atomic E-state index is 0.0579. The lowest BCUT2D eigenvalue weighted by atomic mass is 10.0. The first kappa shape index (κ1) is 11.5. The average Bonchev–Trinajstić information content (AvgIpc) is 2.22. The number of hydrogen-bond donors (Lipinski definition) is 2. The highest BCUT2D eigenvalue weighted by atomic mass is 16.5. The van der Waals surface area contributed by atoms with E-state index in [4.69, 9.17) is 9.84 Å². The van der Waals surface area contributed by atoms with E-state index in [0.29, 0.717) is 5.75 Å². The standard InChI is InChI=1S/C11H15NO3/c1-7-4-10(15-11(14)12-3)5-9(6-13)8(7)2/h4-5,13H,6H2,1-3H3,(H,12,14). The molecule has 0 saturated heterocycles. The van der Waals surface area contributed by atoms with Crippen molar-refractivity contribution in [2.45, 2.75) is 20.5 Å². The number of hydrogen-bond acceptors (Lipinski definition) is 3. The molecular formula is C11H15NO3. The van der Waals surface area contributed by atoms with Crippen LogP contribution in [0.2, 0.25) is 0 Å². The number of nitrogens with one attached hydrogen (secondary N) is 1. The lowest BCUT2D eigenvalue weighted by Crippen LogP contribution is -2.22. The molecule has 2 N–H and O–H groups in total. The Morgan fingerprint density at radius 2 is 2.13 bits per heavy atom. The van der Waals surface area contributed by atoms with E-state index in [2.05, 4.69) is 5.32 Å². The Morgan fingerprint density at radius 3 is 2.67 bits per heavy atom. The van der Waals surface area contributed by atoms with Gasteiger partial charge in [-0.1, -0.05) is 0 Å². The zero-order valence-corrected chi connectivity index (χ0v) is 9.13. The van der Waals surface area contributed by atoms with Crippen molar-refractivity contribution in [1.29, 1.82) is 0 Å². The zero-order valence-electron chi connectivity index (χ0n) is 9.13. The van der Waals surface area contributed by atoms with Gasteiger partial charge in [-0.15, -0.1) is 0 Å². The van der Waals surface area contributed by atoms with Crippen LogP contribution in [0.15, 0.2) is 12.1 Å². The second-order valence-electron chi connectivity index (χ2n) is 3.32. The maximum Gasteiger partial charge on any atom is 0.412 e. The zero-order chi connectivity index (χ0) is 11.4. The van der Waals surface area contributed by atoms with E-state index in [0.717, 1.165) is 16.7 Å². The number of ether oxygens (including phenoxy) is 1. The summed E-state index contributed by atoms with van der Waals surface area (Å²) in [5.74, 6) is 0.446. The second-order valence-corrected chi connectivity index (χ2v) is 3.32. The Bertz CT molecular complexity index is 374. The third-order valence-corrected chi connectivity index (χ3v) is 2.33. The van der Waals surface area contributed by atoms with Gasteiger partial charge in [0.15, 0.2) is 0 Å². The molecule has 0 radical (unpaired) electrons. The monoisotopic (exact) mass is 209 g/mol. The maximum atomic E-state index is 11.0. The molecule has 0 fully saturated rings. The first-order valence-corrected chi connectivity index (χ1v) is 4.69. The molecule has 0 saturated carbocycles. The summed E-state index contributed by atoms with van der Waals surface area (Å²) in [5, 5.41) is 11.5. The van der Waals surface area contributed by atoms with Crippen LogP contribution in [-0.2, 0) is 6.61 Å². The fourth-order valence-corrected chi connectivity index (χ4v) is 1.28. The molecule has 0 aliphatic rings. The summed E-state index contributed by atoms with van der Waals surface area (Å²) in [4.78, 5) is 11.0. The smallest absolute Gasteiger partial charge is 0.410 e. The first-order chi connectivity index (χ1) is 7.08. The fraction of sp³-hybridized carbons (Fsp3) is 0.364. The van der Waals surface area contributed by atoms with Crippen molar-refractivity contribution < 1.29 is 14.6 Å². The highest BCUT2D eigenvalue weighted by Gasteiger charge is 2.07. The molecule has 15 heavy (non-hydrogen) atoms. The Morgan fingerprint density at radius 1 is 1.47 bits per heavy atom. The van der Waals surface area contributed by atoms with Crippen LogP contribution in [0.3, 0.4) is 0 Å². The van der Waals surface area contributed by atoms with Gasteiger partial charge < -0.3 is 15.2 Å². The quantitative estimate of drug-likeness (QED) is 0.776. The summed E-state index contributed by atoms with van der Waals surface area (Å²) in [7, 11) is 1.50. The lowest BCUT2D eigenvalue weighted by molar-refractivity contribution is 0.202. The van der Waals surface area contributed by atoms with Crippen LogP contribution in [0, 0.1) is 13.8 Å². The van der Waals surface area contributed by atoms with Gasteiger partial charge in [0.05, 0.1) is 6.61 Å². The molecule has 0 aromatic heterocycles. The van der Waals surface area contributed by atoms with Gasteiger partial charge >= 0.3 is 6.09 Å². The van der Waals surface area contributed by atoms with Gasteiger partial charge in [-0.3, -0.25) is 0 Å². The van der Waals surface area contributed by atoms with Gasteiger partial charge in [0.2, 0.25) is 0 Å². The summed E-state index contributed by atoms with van der Waals surface area (Å²) < 4.78 is 4.98. The number of rotatable bonds is 2. The van der Waals surface area contributed by atoms with Crippen LogP contribution in [0.5, 0.6) is 5.75 Å². The van der Waals surface area contributed by atoms with Gasteiger partial charge in [-0.2, -0.15) is 0 Å². The van der Waals surface area contributed by atoms with E-state index < -0.39 is 6.09 Å². The van der Waals surface area contributed by atoms with Crippen LogP contribution in [-0.4, -0.2) is 18.2 Å². The normalized spacial score (nSPS) is 9.87. The number of aliphatic hydroxyl groups excluding tert-OH is 1. The number of amides is 1. The largest absolute Gasteiger partial charge is 0.412 e. The van der Waals surface area contributed by atoms with Crippen molar-refractivity contribution in [3.8, 4) is 5.75 Å². The molecule has 0 atom stereocenters. The Labute approximate surface area is 88.9 Å². The molecule has 0 unspecified atom stereocenters. The van der Waals surface area contributed by atoms with E-state index in [1.54, 1.807) is 12.1 Å². The predicted molar refractivity (Wildman–Crippen MR) is 56.9 cm³/mol. The van der Waals surface area contributed by atoms with Gasteiger partial charge in [0, 0.05) is 7.05 Å². The number of aryl methyl sites for hydroxylation is 1. The van der Waals surface area contributed by atoms with Gasteiger partial charge in [0.1, 0.15) is 5.75 Å². The molecular weight excluding hydrogens is 194 g/mol. The van der Waals surface area contributed by atoms with Crippen LogP contribution in [0.25, 0.3) is 0 Å². The average molecular weight is 209 g/mol. The van der Waals surface area contributed by atoms with Crippen LogP contribution >= 0.6 is 0 Å². The van der Waals surface area contributed by atoms with Crippen molar-refractivity contribution in [1.82, 2.24) is 5.32 Å². The molecule has 0 aliphatic carbocycles. The summed E-state index contributed by atoms with van der Waals surface area (Å²) >= 11 is 0. The van der Waals surface area contributed by atoms with Gasteiger partial charge in [-0.25, -0.2) is 4.79 Å². The van der Waals surface area contributed by atoms with Crippen LogP contribution < -0.4 is 10.1 Å². The maximum absolute atomic E-state index is 11.0. The first-order valence-electron chi connectivity index (χ1n) is 4.69. The molecule has 1 aromatic carbocycles. The van der Waals surface area contributed by atoms with Crippen LogP contribution in [0.1, 0.15) is 16.7 Å². The number of benzene rings is 1. The van der Waals surface area contributed by atoms with Crippen molar-refractivity contribution in [2.75, 3.05) is 7.05 Å². The van der Waals surface area contributed by atoms with E-state index in [1.807, 2.05) is 13.8 Å². The molecule has 0 heterocycles. The van der Waals surface area contributed by atoms with Crippen LogP contribution in [0.4, 0.5) is 4.79 Å². The van der Waals surface area contributed by atoms with Crippen molar-refractivity contribution in [3.05, 3.63) is 28.8 Å². The van der Waals surface area contributed by atoms with E-state index in [1.165, 1.54) is 7.05 Å².